The number of nitrogens with zero attached hydrogens (tertiary/aromatic N) is 2. The topological polar surface area (TPSA) is 37.8 Å². The number of benzene rings is 1. The Kier molecular flexibility index (Phi) is 5.58. The number of rotatable bonds is 6. The highest BCUT2D eigenvalue weighted by atomic mass is 35.5. The lowest BCUT2D eigenvalue weighted by molar-refractivity contribution is 0.536. The van der Waals surface area contributed by atoms with Gasteiger partial charge in [0.1, 0.15) is 0 Å². The monoisotopic (exact) mass is 315 g/mol. The Morgan fingerprint density at radius 2 is 2.21 bits per heavy atom. The molecular weight excluding hydrogens is 301 g/mol. The molecule has 102 valence electrons. The Morgan fingerprint density at radius 1 is 1.37 bits per heavy atom. The van der Waals surface area contributed by atoms with Crippen molar-refractivity contribution in [1.82, 2.24) is 14.9 Å². The summed E-state index contributed by atoms with van der Waals surface area (Å²) in [7, 11) is 0. The molecule has 0 aliphatic heterocycles. The zero-order valence-electron chi connectivity index (χ0n) is 10.6. The quantitative estimate of drug-likeness (QED) is 0.871. The molecule has 0 saturated carbocycles. The van der Waals surface area contributed by atoms with Gasteiger partial charge in [0.15, 0.2) is 0 Å². The molecule has 1 heterocycles. The standard InChI is InChI=1S/C13H15Cl2N3S/c1-2-6-16-11(12-8-17-18-19-12)7-9-4-3-5-10(14)13(9)15/h3-5,8,11,16H,2,6-7H2,1H3. The summed E-state index contributed by atoms with van der Waals surface area (Å²) in [6.45, 7) is 3.09. The van der Waals surface area contributed by atoms with Crippen LogP contribution < -0.4 is 5.32 Å². The predicted molar refractivity (Wildman–Crippen MR) is 81.1 cm³/mol. The molecule has 0 bridgehead atoms. The van der Waals surface area contributed by atoms with E-state index in [1.54, 1.807) is 12.3 Å². The van der Waals surface area contributed by atoms with Gasteiger partial charge in [0.25, 0.3) is 0 Å². The van der Waals surface area contributed by atoms with Crippen LogP contribution >= 0.6 is 34.7 Å². The second-order valence-electron chi connectivity index (χ2n) is 4.24. The van der Waals surface area contributed by atoms with Gasteiger partial charge in [-0.25, -0.2) is 0 Å². The molecule has 1 unspecified atom stereocenters. The minimum Gasteiger partial charge on any atom is -0.309 e. The van der Waals surface area contributed by atoms with Crippen molar-refractivity contribution < 1.29 is 0 Å². The maximum Gasteiger partial charge on any atom is 0.0669 e. The summed E-state index contributed by atoms with van der Waals surface area (Å²) in [6, 6.07) is 5.90. The molecule has 19 heavy (non-hydrogen) atoms. The molecule has 2 aromatic rings. The summed E-state index contributed by atoms with van der Waals surface area (Å²) >= 11 is 13.7. The van der Waals surface area contributed by atoms with E-state index in [2.05, 4.69) is 21.8 Å². The van der Waals surface area contributed by atoms with Crippen LogP contribution in [0.2, 0.25) is 10.0 Å². The van der Waals surface area contributed by atoms with Gasteiger partial charge in [0.05, 0.1) is 21.1 Å². The van der Waals surface area contributed by atoms with E-state index in [1.165, 1.54) is 11.5 Å². The first kappa shape index (κ1) is 14.7. The third-order valence-corrected chi connectivity index (χ3v) is 4.45. The van der Waals surface area contributed by atoms with E-state index in [9.17, 15) is 0 Å². The molecule has 0 fully saturated rings. The number of aromatic nitrogens is 2. The Labute approximate surface area is 127 Å². The summed E-state index contributed by atoms with van der Waals surface area (Å²) in [5, 5.41) is 8.62. The first-order valence-electron chi connectivity index (χ1n) is 6.16. The molecule has 1 N–H and O–H groups in total. The molecule has 1 atom stereocenters. The lowest BCUT2D eigenvalue weighted by atomic mass is 10.0. The number of nitrogens with one attached hydrogen (secondary N) is 1. The fourth-order valence-corrected chi connectivity index (χ4v) is 2.82. The van der Waals surface area contributed by atoms with E-state index in [-0.39, 0.29) is 6.04 Å². The fourth-order valence-electron chi connectivity index (χ4n) is 1.85. The molecule has 3 nitrogen and oxygen atoms in total. The first-order valence-corrected chi connectivity index (χ1v) is 7.68. The molecule has 1 aromatic heterocycles. The third-order valence-electron chi connectivity index (χ3n) is 2.82. The minimum atomic E-state index is 0.177. The highest BCUT2D eigenvalue weighted by Crippen LogP contribution is 2.29. The van der Waals surface area contributed by atoms with Gasteiger partial charge in [-0.15, -0.1) is 5.10 Å². The van der Waals surface area contributed by atoms with Crippen LogP contribution in [0.5, 0.6) is 0 Å². The van der Waals surface area contributed by atoms with Gasteiger partial charge in [-0.3, -0.25) is 0 Å². The van der Waals surface area contributed by atoms with Crippen molar-refractivity contribution in [3.63, 3.8) is 0 Å². The highest BCUT2D eigenvalue weighted by molar-refractivity contribution is 7.05. The molecule has 2 rings (SSSR count). The van der Waals surface area contributed by atoms with Gasteiger partial charge in [0.2, 0.25) is 0 Å². The first-order chi connectivity index (χ1) is 9.22. The molecule has 0 aliphatic carbocycles. The molecule has 0 amide bonds. The second-order valence-corrected chi connectivity index (χ2v) is 5.85. The van der Waals surface area contributed by atoms with Gasteiger partial charge in [0, 0.05) is 6.04 Å². The Bertz CT molecular complexity index is 517. The van der Waals surface area contributed by atoms with Crippen LogP contribution in [0, 0.1) is 0 Å². The zero-order valence-corrected chi connectivity index (χ0v) is 12.9. The Morgan fingerprint density at radius 3 is 2.89 bits per heavy atom. The third kappa shape index (κ3) is 3.89. The van der Waals surface area contributed by atoms with E-state index < -0.39 is 0 Å². The van der Waals surface area contributed by atoms with Gasteiger partial charge in [-0.2, -0.15) is 0 Å². The average molecular weight is 316 g/mol. The average Bonchev–Trinajstić information content (AvgIpc) is 2.93. The van der Waals surface area contributed by atoms with Crippen LogP contribution in [0.25, 0.3) is 0 Å². The molecular formula is C13H15Cl2N3S. The van der Waals surface area contributed by atoms with E-state index >= 15 is 0 Å². The molecule has 0 radical (unpaired) electrons. The molecule has 0 saturated heterocycles. The van der Waals surface area contributed by atoms with Gasteiger partial charge in [-0.1, -0.05) is 46.7 Å². The molecule has 1 aromatic carbocycles. The van der Waals surface area contributed by atoms with Crippen LogP contribution in [0.15, 0.2) is 24.4 Å². The minimum absolute atomic E-state index is 0.177. The summed E-state index contributed by atoms with van der Waals surface area (Å²) in [5.74, 6) is 0. The van der Waals surface area contributed by atoms with Gasteiger partial charge in [-0.05, 0) is 42.5 Å². The van der Waals surface area contributed by atoms with Crippen molar-refractivity contribution in [1.29, 1.82) is 0 Å². The Balaban J connectivity index is 2.18. The smallest absolute Gasteiger partial charge is 0.0669 e. The number of hydrogen-bond acceptors (Lipinski definition) is 4. The van der Waals surface area contributed by atoms with E-state index in [0.717, 1.165) is 29.8 Å². The van der Waals surface area contributed by atoms with Crippen LogP contribution in [-0.2, 0) is 6.42 Å². The van der Waals surface area contributed by atoms with Crippen molar-refractivity contribution >= 4 is 34.7 Å². The van der Waals surface area contributed by atoms with Crippen LogP contribution in [-0.4, -0.2) is 16.1 Å². The normalized spacial score (nSPS) is 12.6. The van der Waals surface area contributed by atoms with Crippen LogP contribution in [0.4, 0.5) is 0 Å². The van der Waals surface area contributed by atoms with Crippen LogP contribution in [0.3, 0.4) is 0 Å². The number of halogens is 2. The molecule has 6 heteroatoms. The maximum absolute atomic E-state index is 6.25. The van der Waals surface area contributed by atoms with E-state index in [4.69, 9.17) is 23.2 Å². The van der Waals surface area contributed by atoms with Crippen LogP contribution in [0.1, 0.15) is 29.8 Å². The summed E-state index contributed by atoms with van der Waals surface area (Å²) in [4.78, 5) is 1.12. The van der Waals surface area contributed by atoms with Gasteiger partial charge < -0.3 is 5.32 Å². The largest absolute Gasteiger partial charge is 0.309 e. The van der Waals surface area contributed by atoms with Gasteiger partial charge >= 0.3 is 0 Å². The summed E-state index contributed by atoms with van der Waals surface area (Å²) in [5.41, 5.74) is 1.04. The summed E-state index contributed by atoms with van der Waals surface area (Å²) < 4.78 is 3.93. The maximum atomic E-state index is 6.25. The lowest BCUT2D eigenvalue weighted by Crippen LogP contribution is -2.23. The van der Waals surface area contributed by atoms with Crippen molar-refractivity contribution in [3.8, 4) is 0 Å². The fraction of sp³-hybridized carbons (Fsp3) is 0.385. The summed E-state index contributed by atoms with van der Waals surface area (Å²) in [6.07, 6.45) is 3.66. The zero-order chi connectivity index (χ0) is 13.7. The van der Waals surface area contributed by atoms with Crippen molar-refractivity contribution in [3.05, 3.63) is 44.9 Å². The SMILES string of the molecule is CCCNC(Cc1cccc(Cl)c1Cl)c1cnns1. The van der Waals surface area contributed by atoms with Crippen molar-refractivity contribution in [2.75, 3.05) is 6.54 Å². The molecule has 0 aliphatic rings. The van der Waals surface area contributed by atoms with E-state index in [1.807, 2.05) is 12.1 Å². The van der Waals surface area contributed by atoms with Crippen molar-refractivity contribution in [2.45, 2.75) is 25.8 Å². The molecule has 0 spiro atoms. The van der Waals surface area contributed by atoms with Crippen molar-refractivity contribution in [2.24, 2.45) is 0 Å². The highest BCUT2D eigenvalue weighted by Gasteiger charge is 2.16. The van der Waals surface area contributed by atoms with E-state index in [0.29, 0.717) is 10.0 Å². The lowest BCUT2D eigenvalue weighted by Gasteiger charge is -2.17. The second kappa shape index (κ2) is 7.20. The number of hydrogen-bond donors (Lipinski definition) is 1. The predicted octanol–water partition coefficient (Wildman–Crippen LogP) is 4.13. The Hall–Kier alpha value is -0.680.